The molecule has 9 N–H and O–H groups in total. The topological polar surface area (TPSA) is 292 Å². The first-order valence-electron chi connectivity index (χ1n) is 12.7. The average molecular weight is 687 g/mol. The Balaban J connectivity index is 0.00000552. The smallest absolute Gasteiger partial charge is 0.454 e. The van der Waals surface area contributed by atoms with Crippen LogP contribution in [0.4, 0.5) is 5.82 Å². The van der Waals surface area contributed by atoms with Crippen molar-refractivity contribution in [2.75, 3.05) is 12.3 Å². The number of anilines is 1. The van der Waals surface area contributed by atoms with Gasteiger partial charge in [0.2, 0.25) is 11.8 Å². The molecular formula is C23H30N4NaO15P2+. The number of aromatic nitrogens is 2. The van der Waals surface area contributed by atoms with E-state index in [-0.39, 0.29) is 41.1 Å². The Bertz CT molecular complexity index is 1530. The van der Waals surface area contributed by atoms with Crippen LogP contribution in [-0.2, 0) is 32.4 Å². The van der Waals surface area contributed by atoms with Gasteiger partial charge in [-0.15, -0.1) is 0 Å². The number of nitrogens with one attached hydrogen (secondary N) is 1. The first kappa shape index (κ1) is 37.3. The molecule has 0 saturated carbocycles. The molecule has 1 aromatic heterocycles. The number of ether oxygens (including phenoxy) is 3. The van der Waals surface area contributed by atoms with Gasteiger partial charge in [-0.1, -0.05) is 18.2 Å². The first-order chi connectivity index (χ1) is 20.6. The Morgan fingerprint density at radius 2 is 1.80 bits per heavy atom. The monoisotopic (exact) mass is 687 g/mol. The van der Waals surface area contributed by atoms with Gasteiger partial charge in [0.15, 0.2) is 6.23 Å². The van der Waals surface area contributed by atoms with Crippen molar-refractivity contribution in [3.63, 3.8) is 0 Å². The molecule has 9 atom stereocenters. The number of nitrogen functional groups attached to an aromatic ring is 1. The van der Waals surface area contributed by atoms with Crippen LogP contribution in [-0.4, -0.2) is 94.7 Å². The van der Waals surface area contributed by atoms with Crippen molar-refractivity contribution in [1.82, 2.24) is 14.9 Å². The van der Waals surface area contributed by atoms with E-state index in [1.807, 2.05) is 0 Å². The van der Waals surface area contributed by atoms with E-state index in [4.69, 9.17) is 29.0 Å². The van der Waals surface area contributed by atoms with Gasteiger partial charge in [-0.05, 0) is 24.3 Å². The van der Waals surface area contributed by atoms with Crippen LogP contribution in [0.5, 0.6) is 5.75 Å². The number of aliphatic hydroxyl groups excluding tert-OH is 3. The number of nitrogens with zero attached hydrogens (tertiary/aromatic N) is 2. The minimum absolute atomic E-state index is 0. The molecule has 1 saturated heterocycles. The summed E-state index contributed by atoms with van der Waals surface area (Å²) in [5.74, 6) is -3.99. The molecule has 0 aliphatic carbocycles. The summed E-state index contributed by atoms with van der Waals surface area (Å²) >= 11 is 0. The fourth-order valence-corrected chi connectivity index (χ4v) is 6.34. The zero-order chi connectivity index (χ0) is 32.4. The number of para-hydroxylation sites is 1. The third-order valence-electron chi connectivity index (χ3n) is 6.26. The zero-order valence-electron chi connectivity index (χ0n) is 23.7. The summed E-state index contributed by atoms with van der Waals surface area (Å²) in [6.07, 6.45) is -7.92. The molecule has 1 aromatic carbocycles. The van der Waals surface area contributed by atoms with Gasteiger partial charge in [-0.2, -0.15) is 4.98 Å². The van der Waals surface area contributed by atoms with Gasteiger partial charge in [0, 0.05) is 13.1 Å². The van der Waals surface area contributed by atoms with Crippen molar-refractivity contribution < 1.29 is 96.7 Å². The predicted molar refractivity (Wildman–Crippen MR) is 145 cm³/mol. The second kappa shape index (κ2) is 15.1. The van der Waals surface area contributed by atoms with Crippen molar-refractivity contribution in [2.24, 2.45) is 0 Å². The molecule has 45 heavy (non-hydrogen) atoms. The van der Waals surface area contributed by atoms with E-state index in [0.29, 0.717) is 0 Å². The van der Waals surface area contributed by atoms with Gasteiger partial charge in [0.25, 0.3) is 6.29 Å². The van der Waals surface area contributed by atoms with Crippen LogP contribution in [0, 0.1) is 0 Å². The van der Waals surface area contributed by atoms with E-state index < -0.39 is 88.2 Å². The summed E-state index contributed by atoms with van der Waals surface area (Å²) in [4.78, 5) is 57.6. The predicted octanol–water partition coefficient (Wildman–Crippen LogP) is -4.73. The average Bonchev–Trinajstić information content (AvgIpc) is 3.21. The number of carbonyl (C=O) groups excluding carboxylic acids is 1. The molecule has 0 bridgehead atoms. The summed E-state index contributed by atoms with van der Waals surface area (Å²) in [5.41, 5.74) is 4.51. The molecule has 2 aromatic rings. The molecule has 2 aliphatic heterocycles. The zero-order valence-corrected chi connectivity index (χ0v) is 27.5. The summed E-state index contributed by atoms with van der Waals surface area (Å²) in [7, 11) is -10.9. The standard InChI is InChI=1S/C23H30N4O15P2.Na/c1-11(28)25-17-13(29)9-14(41-21(17)39-12-5-3-2-4-6-12)22(43(33,34)35)42-44(36,37)38-10-15-18(30)19(31)20(40-15)27-8-7-16(24)26-23(27)32;/h2-9,13,15,17-22,29-31H,10H2,1H3,(H,25,28)(H,36,37)(H2,24,26,32)(H2,33,34,35);/q;+1/t13-,15+,17+,18+,19+,20+,21+,22?;/m0./s1. The molecule has 0 radical (unpaired) electrons. The number of aliphatic hydroxyl groups is 3. The molecule has 2 unspecified atom stereocenters. The van der Waals surface area contributed by atoms with E-state index >= 15 is 0 Å². The minimum Gasteiger partial charge on any atom is -0.454 e. The van der Waals surface area contributed by atoms with Gasteiger partial charge >= 0.3 is 50.7 Å². The van der Waals surface area contributed by atoms with Crippen LogP contribution in [0.2, 0.25) is 0 Å². The molecule has 1 amide bonds. The van der Waals surface area contributed by atoms with Crippen LogP contribution in [0.1, 0.15) is 13.2 Å². The maximum absolute atomic E-state index is 12.8. The number of phosphoric acid groups is 1. The van der Waals surface area contributed by atoms with E-state index in [0.717, 1.165) is 23.8 Å². The molecule has 2 aliphatic rings. The van der Waals surface area contributed by atoms with E-state index in [9.17, 15) is 48.7 Å². The SMILES string of the molecule is CC(=O)N[C@H]1[C@H](Oc2ccccc2)OC(C(OP(=O)(O)OC[C@H]2O[C@@H](n3ccc(N)nc3=O)[C@H](O)[C@@H]2O)P(=O)(O)O)=C[C@@H]1O.[Na+]. The number of carbonyl (C=O) groups is 1. The van der Waals surface area contributed by atoms with Crippen LogP contribution in [0.25, 0.3) is 0 Å². The maximum atomic E-state index is 12.8. The molecule has 1 fully saturated rings. The molecule has 0 spiro atoms. The van der Waals surface area contributed by atoms with Crippen LogP contribution < -0.4 is 51.0 Å². The van der Waals surface area contributed by atoms with Crippen molar-refractivity contribution in [1.29, 1.82) is 0 Å². The van der Waals surface area contributed by atoms with Crippen LogP contribution >= 0.6 is 15.4 Å². The Morgan fingerprint density at radius 1 is 1.13 bits per heavy atom. The molecule has 19 nitrogen and oxygen atoms in total. The van der Waals surface area contributed by atoms with Crippen LogP contribution in [0.15, 0.2) is 59.2 Å². The van der Waals surface area contributed by atoms with Gasteiger partial charge in [-0.25, -0.2) is 9.36 Å². The minimum atomic E-state index is -5.51. The fourth-order valence-electron chi connectivity index (χ4n) is 4.26. The normalized spacial score (nSPS) is 28.5. The van der Waals surface area contributed by atoms with E-state index in [1.165, 1.54) is 18.2 Å². The third-order valence-corrected chi connectivity index (χ3v) is 8.35. The van der Waals surface area contributed by atoms with Gasteiger partial charge < -0.3 is 55.3 Å². The summed E-state index contributed by atoms with van der Waals surface area (Å²) in [5, 5.41) is 33.8. The van der Waals surface area contributed by atoms with E-state index in [1.54, 1.807) is 18.2 Å². The Morgan fingerprint density at radius 3 is 2.40 bits per heavy atom. The molecule has 22 heteroatoms. The summed E-state index contributed by atoms with van der Waals surface area (Å²) in [6.45, 7) is 0.171. The van der Waals surface area contributed by atoms with E-state index in [2.05, 4.69) is 10.3 Å². The number of benzene rings is 1. The Kier molecular flexibility index (Phi) is 12.5. The number of amides is 1. The molecule has 4 rings (SSSR count). The van der Waals surface area contributed by atoms with Crippen molar-refractivity contribution in [3.8, 4) is 5.75 Å². The maximum Gasteiger partial charge on any atom is 1.00 e. The first-order valence-corrected chi connectivity index (χ1v) is 15.9. The second-order valence-electron chi connectivity index (χ2n) is 9.60. The molecular weight excluding hydrogens is 657 g/mol. The van der Waals surface area contributed by atoms with Crippen molar-refractivity contribution >= 4 is 27.1 Å². The number of hydrogen-bond acceptors (Lipinski definition) is 14. The Hall–Kier alpha value is -2.19. The largest absolute Gasteiger partial charge is 1.00 e. The van der Waals surface area contributed by atoms with Crippen LogP contribution in [0.3, 0.4) is 0 Å². The summed E-state index contributed by atoms with van der Waals surface area (Å²) in [6, 6.07) is 7.78. The molecule has 3 heterocycles. The van der Waals surface area contributed by atoms with Gasteiger partial charge in [0.1, 0.15) is 47.8 Å². The van der Waals surface area contributed by atoms with Crippen molar-refractivity contribution in [3.05, 3.63) is 64.9 Å². The van der Waals surface area contributed by atoms with Crippen molar-refractivity contribution in [2.45, 2.75) is 55.7 Å². The fraction of sp³-hybridized carbons (Fsp3) is 0.435. The number of nitrogens with two attached hydrogens (primary N) is 1. The van der Waals surface area contributed by atoms with Gasteiger partial charge in [-0.3, -0.25) is 23.0 Å². The summed E-state index contributed by atoms with van der Waals surface area (Å²) < 4.78 is 52.1. The number of hydrogen-bond donors (Lipinski definition) is 8. The quantitative estimate of drug-likeness (QED) is 0.0813. The number of phosphoric ester groups is 1. The second-order valence-corrected chi connectivity index (χ2v) is 12.7. The molecule has 242 valence electrons. The Labute approximate surface area is 276 Å². The van der Waals surface area contributed by atoms with Gasteiger partial charge in [0.05, 0.1) is 6.61 Å². The third kappa shape index (κ3) is 9.43. The number of rotatable bonds is 11.